The smallest absolute Gasteiger partial charge is 0.326 e. The minimum atomic E-state index is -1.62. The summed E-state index contributed by atoms with van der Waals surface area (Å²) in [6.45, 7) is 2.74. The third-order valence-corrected chi connectivity index (χ3v) is 3.44. The van der Waals surface area contributed by atoms with Crippen molar-refractivity contribution in [2.24, 2.45) is 11.7 Å². The van der Waals surface area contributed by atoms with Gasteiger partial charge in [-0.2, -0.15) is 0 Å². The van der Waals surface area contributed by atoms with Crippen molar-refractivity contribution in [1.29, 1.82) is 0 Å². The fourth-order valence-corrected chi connectivity index (χ4v) is 1.81. The topological polar surface area (TPSA) is 188 Å². The van der Waals surface area contributed by atoms with E-state index in [1.807, 2.05) is 0 Å². The quantitative estimate of drug-likeness (QED) is 0.236. The monoisotopic (exact) mass is 360 g/mol. The summed E-state index contributed by atoms with van der Waals surface area (Å²) in [4.78, 5) is 56.9. The van der Waals surface area contributed by atoms with Gasteiger partial charge in [-0.15, -0.1) is 0 Å². The Balaban J connectivity index is 4.97. The number of hydrogen-bond donors (Lipinski definition) is 6. The maximum absolute atomic E-state index is 12.3. The number of carboxylic acids is 2. The number of aliphatic carboxylic acids is 2. The van der Waals surface area contributed by atoms with Gasteiger partial charge >= 0.3 is 11.9 Å². The molecule has 3 amide bonds. The van der Waals surface area contributed by atoms with Gasteiger partial charge in [-0.3, -0.25) is 19.2 Å². The van der Waals surface area contributed by atoms with Crippen molar-refractivity contribution >= 4 is 29.7 Å². The first kappa shape index (κ1) is 22.3. The molecule has 0 aliphatic heterocycles. The zero-order valence-electron chi connectivity index (χ0n) is 14.1. The van der Waals surface area contributed by atoms with Crippen LogP contribution < -0.4 is 21.7 Å². The number of carboxylic acid groups (broad SMARTS) is 2. The van der Waals surface area contributed by atoms with Crippen LogP contribution in [0.25, 0.3) is 0 Å². The molecule has 0 heterocycles. The molecule has 3 atom stereocenters. The Labute approximate surface area is 144 Å². The Hall–Kier alpha value is -2.69. The van der Waals surface area contributed by atoms with Crippen molar-refractivity contribution in [3.8, 4) is 0 Å². The van der Waals surface area contributed by atoms with E-state index >= 15 is 0 Å². The summed E-state index contributed by atoms with van der Waals surface area (Å²) < 4.78 is 0. The average Bonchev–Trinajstić information content (AvgIpc) is 2.55. The summed E-state index contributed by atoms with van der Waals surface area (Å²) in [6, 6.07) is -2.70. The number of nitrogens with two attached hydrogens (primary N) is 1. The van der Waals surface area contributed by atoms with Gasteiger partial charge in [0.25, 0.3) is 0 Å². The van der Waals surface area contributed by atoms with Gasteiger partial charge in [-0.1, -0.05) is 20.3 Å². The van der Waals surface area contributed by atoms with Crippen LogP contribution in [-0.2, 0) is 24.0 Å². The Morgan fingerprint density at radius 2 is 1.64 bits per heavy atom. The van der Waals surface area contributed by atoms with Crippen LogP contribution >= 0.6 is 0 Å². The van der Waals surface area contributed by atoms with E-state index in [0.717, 1.165) is 0 Å². The first-order valence-electron chi connectivity index (χ1n) is 7.63. The molecule has 0 aromatic heterocycles. The Kier molecular flexibility index (Phi) is 9.79. The van der Waals surface area contributed by atoms with Crippen LogP contribution in [0.1, 0.15) is 26.7 Å². The molecule has 0 fully saturated rings. The maximum Gasteiger partial charge on any atom is 0.326 e. The van der Waals surface area contributed by atoms with E-state index in [0.29, 0.717) is 6.42 Å². The first-order valence-corrected chi connectivity index (χ1v) is 7.63. The van der Waals surface area contributed by atoms with Crippen LogP contribution in [0.5, 0.6) is 0 Å². The third-order valence-electron chi connectivity index (χ3n) is 3.44. The van der Waals surface area contributed by atoms with Gasteiger partial charge in [0.05, 0.1) is 19.5 Å². The van der Waals surface area contributed by atoms with Gasteiger partial charge in [0.2, 0.25) is 17.7 Å². The molecule has 7 N–H and O–H groups in total. The van der Waals surface area contributed by atoms with Gasteiger partial charge in [0, 0.05) is 0 Å². The molecule has 0 rings (SSSR count). The molecule has 0 aliphatic rings. The lowest BCUT2D eigenvalue weighted by atomic mass is 9.97. The van der Waals surface area contributed by atoms with Crippen LogP contribution in [0.4, 0.5) is 0 Å². The highest BCUT2D eigenvalue weighted by atomic mass is 16.4. The third kappa shape index (κ3) is 8.65. The lowest BCUT2D eigenvalue weighted by Crippen LogP contribution is -2.55. The summed E-state index contributed by atoms with van der Waals surface area (Å²) in [5, 5.41) is 24.4. The number of carbonyl (C=O) groups is 5. The number of hydrogen-bond acceptors (Lipinski definition) is 6. The molecule has 0 saturated heterocycles. The summed E-state index contributed by atoms with van der Waals surface area (Å²) in [5.41, 5.74) is 5.09. The zero-order valence-corrected chi connectivity index (χ0v) is 14.1. The van der Waals surface area contributed by atoms with E-state index in [1.54, 1.807) is 13.8 Å². The molecule has 3 unspecified atom stereocenters. The van der Waals surface area contributed by atoms with Crippen molar-refractivity contribution in [3.63, 3.8) is 0 Å². The Morgan fingerprint density at radius 3 is 2.08 bits per heavy atom. The van der Waals surface area contributed by atoms with Gasteiger partial charge in [0.15, 0.2) is 0 Å². The van der Waals surface area contributed by atoms with Crippen molar-refractivity contribution in [3.05, 3.63) is 0 Å². The van der Waals surface area contributed by atoms with Crippen LogP contribution in [0, 0.1) is 5.92 Å². The number of amides is 3. The highest BCUT2D eigenvalue weighted by Crippen LogP contribution is 2.09. The summed E-state index contributed by atoms with van der Waals surface area (Å²) in [7, 11) is 0. The Bertz CT molecular complexity index is 523. The highest BCUT2D eigenvalue weighted by Gasteiger charge is 2.30. The molecule has 0 radical (unpaired) electrons. The van der Waals surface area contributed by atoms with E-state index < -0.39 is 54.7 Å². The molecule has 0 saturated carbocycles. The first-order chi connectivity index (χ1) is 11.6. The second-order valence-electron chi connectivity index (χ2n) is 5.41. The predicted molar refractivity (Wildman–Crippen MR) is 85.3 cm³/mol. The van der Waals surface area contributed by atoms with E-state index in [9.17, 15) is 24.0 Å². The average molecular weight is 360 g/mol. The van der Waals surface area contributed by atoms with E-state index in [1.165, 1.54) is 0 Å². The molecule has 0 aromatic rings. The van der Waals surface area contributed by atoms with Gasteiger partial charge in [-0.25, -0.2) is 4.79 Å². The van der Waals surface area contributed by atoms with Crippen LogP contribution in [0.2, 0.25) is 0 Å². The second-order valence-corrected chi connectivity index (χ2v) is 5.41. The van der Waals surface area contributed by atoms with E-state index in [-0.39, 0.29) is 12.5 Å². The maximum atomic E-state index is 12.3. The highest BCUT2D eigenvalue weighted by molar-refractivity contribution is 5.93. The van der Waals surface area contributed by atoms with Crippen LogP contribution in [-0.4, -0.2) is 65.0 Å². The van der Waals surface area contributed by atoms with E-state index in [4.69, 9.17) is 15.9 Å². The minimum absolute atomic E-state index is 0.294. The van der Waals surface area contributed by atoms with Gasteiger partial charge in [-0.05, 0) is 5.92 Å². The van der Waals surface area contributed by atoms with Crippen LogP contribution in [0.15, 0.2) is 0 Å². The molecular weight excluding hydrogens is 336 g/mol. The second kappa shape index (κ2) is 11.0. The molecular formula is C14H24N4O7. The minimum Gasteiger partial charge on any atom is -0.481 e. The molecule has 25 heavy (non-hydrogen) atoms. The van der Waals surface area contributed by atoms with Gasteiger partial charge < -0.3 is 31.9 Å². The van der Waals surface area contributed by atoms with Crippen LogP contribution in [0.3, 0.4) is 0 Å². The van der Waals surface area contributed by atoms with E-state index in [2.05, 4.69) is 16.0 Å². The van der Waals surface area contributed by atoms with Crippen molar-refractivity contribution in [2.75, 3.05) is 13.1 Å². The Morgan fingerprint density at radius 1 is 1.04 bits per heavy atom. The largest absolute Gasteiger partial charge is 0.481 e. The lowest BCUT2D eigenvalue weighted by Gasteiger charge is -2.25. The fourth-order valence-electron chi connectivity index (χ4n) is 1.81. The molecule has 0 aromatic carbocycles. The molecule has 11 heteroatoms. The number of rotatable bonds is 11. The van der Waals surface area contributed by atoms with Gasteiger partial charge in [0.1, 0.15) is 12.1 Å². The summed E-state index contributed by atoms with van der Waals surface area (Å²) in [5.74, 6) is -5.27. The SMILES string of the molecule is CCC(C)C(NC(=O)CNC(=O)CN)C(=O)NC(CC(=O)O)C(=O)O. The number of carbonyl (C=O) groups excluding carboxylic acids is 3. The lowest BCUT2D eigenvalue weighted by molar-refractivity contribution is -0.147. The number of nitrogens with one attached hydrogen (secondary N) is 3. The van der Waals surface area contributed by atoms with Crippen molar-refractivity contribution in [2.45, 2.75) is 38.8 Å². The summed E-state index contributed by atoms with van der Waals surface area (Å²) >= 11 is 0. The normalized spacial score (nSPS) is 13.9. The molecule has 0 bridgehead atoms. The molecule has 0 aliphatic carbocycles. The summed E-state index contributed by atoms with van der Waals surface area (Å²) in [6.07, 6.45) is -0.307. The fraction of sp³-hybridized carbons (Fsp3) is 0.643. The standard InChI is InChI=1S/C14H24N4O7/c1-3-7(2)12(18-10(20)6-16-9(19)5-15)13(23)17-8(14(24)25)4-11(21)22/h7-8,12H,3-6,15H2,1-2H3,(H,16,19)(H,17,23)(H,18,20)(H,21,22)(H,24,25). The molecule has 0 spiro atoms. The van der Waals surface area contributed by atoms with Crippen molar-refractivity contribution in [1.82, 2.24) is 16.0 Å². The predicted octanol–water partition coefficient (Wildman–Crippen LogP) is -2.36. The van der Waals surface area contributed by atoms with Crippen molar-refractivity contribution < 1.29 is 34.2 Å². The molecule has 11 nitrogen and oxygen atoms in total. The zero-order chi connectivity index (χ0) is 19.6. The molecule has 142 valence electrons.